The molecular weight excluding hydrogens is 307 g/mol. The monoisotopic (exact) mass is 325 g/mol. The van der Waals surface area contributed by atoms with E-state index in [2.05, 4.69) is 9.72 Å². The number of aromatic nitrogens is 1. The standard InChI is InChI=1S/C15H12F3NO2.C2H6/c1-9-6-11(10-4-3-5-19-8-10)13(14(20)21-2)12(7-9)15(16,17)18;1-2/h3-8H,1-2H3;1-2H3. The third kappa shape index (κ3) is 4.31. The fraction of sp³-hybridized carbons (Fsp3) is 0.294. The summed E-state index contributed by atoms with van der Waals surface area (Å²) in [4.78, 5) is 15.7. The maximum absolute atomic E-state index is 13.2. The second kappa shape index (κ2) is 7.76. The molecule has 1 heterocycles. The quantitative estimate of drug-likeness (QED) is 0.738. The van der Waals surface area contributed by atoms with Crippen molar-refractivity contribution in [2.45, 2.75) is 26.9 Å². The van der Waals surface area contributed by atoms with Crippen LogP contribution in [0.3, 0.4) is 0 Å². The maximum atomic E-state index is 13.2. The molecule has 3 nitrogen and oxygen atoms in total. The molecule has 0 aliphatic heterocycles. The Morgan fingerprint density at radius 1 is 1.22 bits per heavy atom. The second-order valence-corrected chi connectivity index (χ2v) is 4.47. The van der Waals surface area contributed by atoms with Crippen molar-refractivity contribution in [3.8, 4) is 11.1 Å². The summed E-state index contributed by atoms with van der Waals surface area (Å²) in [6.45, 7) is 5.54. The van der Waals surface area contributed by atoms with Crippen LogP contribution in [0.1, 0.15) is 35.3 Å². The summed E-state index contributed by atoms with van der Waals surface area (Å²) in [5.74, 6) is -1.03. The fourth-order valence-electron chi connectivity index (χ4n) is 2.08. The normalized spacial score (nSPS) is 10.6. The predicted molar refractivity (Wildman–Crippen MR) is 82.1 cm³/mol. The Balaban J connectivity index is 0.00000127. The molecule has 0 atom stereocenters. The third-order valence-corrected chi connectivity index (χ3v) is 2.95. The van der Waals surface area contributed by atoms with E-state index in [9.17, 15) is 18.0 Å². The van der Waals surface area contributed by atoms with Gasteiger partial charge < -0.3 is 4.74 Å². The first-order chi connectivity index (χ1) is 10.8. The molecule has 0 fully saturated rings. The molecule has 0 unspecified atom stereocenters. The minimum atomic E-state index is -4.65. The van der Waals surface area contributed by atoms with Crippen LogP contribution in [0.25, 0.3) is 11.1 Å². The minimum Gasteiger partial charge on any atom is -0.465 e. The first-order valence-electron chi connectivity index (χ1n) is 7.05. The molecule has 0 aliphatic carbocycles. The van der Waals surface area contributed by atoms with Crippen molar-refractivity contribution in [3.05, 3.63) is 53.3 Å². The molecule has 0 amide bonds. The number of halogens is 3. The summed E-state index contributed by atoms with van der Waals surface area (Å²) >= 11 is 0. The molecule has 0 bridgehead atoms. The first-order valence-corrected chi connectivity index (χ1v) is 7.05. The van der Waals surface area contributed by atoms with Crippen LogP contribution in [0.2, 0.25) is 0 Å². The van der Waals surface area contributed by atoms with Gasteiger partial charge in [0.15, 0.2) is 0 Å². The van der Waals surface area contributed by atoms with Crippen LogP contribution in [-0.4, -0.2) is 18.1 Å². The Morgan fingerprint density at radius 2 is 1.87 bits per heavy atom. The van der Waals surface area contributed by atoms with E-state index in [0.717, 1.165) is 13.2 Å². The Hall–Kier alpha value is -2.37. The number of aryl methyl sites for hydroxylation is 1. The number of rotatable bonds is 2. The van der Waals surface area contributed by atoms with Gasteiger partial charge in [0.25, 0.3) is 0 Å². The van der Waals surface area contributed by atoms with E-state index < -0.39 is 23.3 Å². The van der Waals surface area contributed by atoms with Gasteiger partial charge in [0, 0.05) is 18.0 Å². The van der Waals surface area contributed by atoms with Crippen molar-refractivity contribution in [2.24, 2.45) is 0 Å². The van der Waals surface area contributed by atoms with Crippen molar-refractivity contribution in [2.75, 3.05) is 7.11 Å². The highest BCUT2D eigenvalue weighted by molar-refractivity contribution is 5.99. The number of ether oxygens (including phenoxy) is 1. The molecule has 6 heteroatoms. The lowest BCUT2D eigenvalue weighted by Crippen LogP contribution is -2.16. The molecule has 23 heavy (non-hydrogen) atoms. The van der Waals surface area contributed by atoms with Crippen LogP contribution >= 0.6 is 0 Å². The summed E-state index contributed by atoms with van der Waals surface area (Å²) < 4.78 is 44.1. The summed E-state index contributed by atoms with van der Waals surface area (Å²) in [5, 5.41) is 0. The largest absolute Gasteiger partial charge is 0.465 e. The summed E-state index contributed by atoms with van der Waals surface area (Å²) in [6.07, 6.45) is -1.74. The molecule has 124 valence electrons. The second-order valence-electron chi connectivity index (χ2n) is 4.47. The van der Waals surface area contributed by atoms with Crippen LogP contribution < -0.4 is 0 Å². The lowest BCUT2D eigenvalue weighted by atomic mass is 9.93. The number of benzene rings is 1. The van der Waals surface area contributed by atoms with E-state index in [1.807, 2.05) is 13.8 Å². The summed E-state index contributed by atoms with van der Waals surface area (Å²) in [6, 6.07) is 5.63. The Morgan fingerprint density at radius 3 is 2.35 bits per heavy atom. The van der Waals surface area contributed by atoms with Crippen molar-refractivity contribution in [3.63, 3.8) is 0 Å². The van der Waals surface area contributed by atoms with Crippen LogP contribution in [0.15, 0.2) is 36.7 Å². The van der Waals surface area contributed by atoms with Crippen LogP contribution in [0.5, 0.6) is 0 Å². The highest BCUT2D eigenvalue weighted by Gasteiger charge is 2.37. The molecule has 0 spiro atoms. The van der Waals surface area contributed by atoms with Crippen molar-refractivity contribution >= 4 is 5.97 Å². The number of carbonyl (C=O) groups excluding carboxylic acids is 1. The minimum absolute atomic E-state index is 0.155. The van der Waals surface area contributed by atoms with Crippen LogP contribution in [0, 0.1) is 6.92 Å². The molecule has 1 aromatic heterocycles. The Kier molecular flexibility index (Phi) is 6.30. The van der Waals surface area contributed by atoms with Gasteiger partial charge >= 0.3 is 12.1 Å². The molecule has 0 radical (unpaired) electrons. The molecule has 2 rings (SSSR count). The van der Waals surface area contributed by atoms with Gasteiger partial charge in [-0.2, -0.15) is 13.2 Å². The zero-order valence-electron chi connectivity index (χ0n) is 13.4. The van der Waals surface area contributed by atoms with Gasteiger partial charge in [-0.05, 0) is 30.2 Å². The summed E-state index contributed by atoms with van der Waals surface area (Å²) in [5.41, 5.74) is -0.528. The molecule has 0 saturated carbocycles. The molecule has 2 aromatic rings. The van der Waals surface area contributed by atoms with Gasteiger partial charge in [0.1, 0.15) is 0 Å². The van der Waals surface area contributed by atoms with Gasteiger partial charge in [-0.15, -0.1) is 0 Å². The molecular formula is C17H18F3NO2. The third-order valence-electron chi connectivity index (χ3n) is 2.95. The Bertz CT molecular complexity index is 668. The molecule has 0 N–H and O–H groups in total. The lowest BCUT2D eigenvalue weighted by molar-refractivity contribution is -0.138. The zero-order chi connectivity index (χ0) is 17.6. The number of pyridine rings is 1. The van der Waals surface area contributed by atoms with E-state index in [4.69, 9.17) is 0 Å². The molecule has 0 saturated heterocycles. The average Bonchev–Trinajstić information content (AvgIpc) is 2.55. The van der Waals surface area contributed by atoms with Crippen LogP contribution in [0.4, 0.5) is 13.2 Å². The topological polar surface area (TPSA) is 39.2 Å². The number of hydrogen-bond donors (Lipinski definition) is 0. The Labute approximate surface area is 133 Å². The number of alkyl halides is 3. The number of methoxy groups -OCH3 is 1. The van der Waals surface area contributed by atoms with Gasteiger partial charge in [-0.3, -0.25) is 4.98 Å². The lowest BCUT2D eigenvalue weighted by Gasteiger charge is -2.16. The number of nitrogens with zero attached hydrogens (tertiary/aromatic N) is 1. The SMILES string of the molecule is CC.COC(=O)c1c(-c2cccnc2)cc(C)cc1C(F)(F)F. The fourth-order valence-corrected chi connectivity index (χ4v) is 2.08. The highest BCUT2D eigenvalue weighted by Crippen LogP contribution is 2.38. The smallest absolute Gasteiger partial charge is 0.417 e. The van der Waals surface area contributed by atoms with Crippen molar-refractivity contribution in [1.82, 2.24) is 4.98 Å². The molecule has 0 aliphatic rings. The summed E-state index contributed by atoms with van der Waals surface area (Å²) in [7, 11) is 1.05. The van der Waals surface area contributed by atoms with E-state index >= 15 is 0 Å². The highest BCUT2D eigenvalue weighted by atomic mass is 19.4. The van der Waals surface area contributed by atoms with E-state index in [0.29, 0.717) is 11.1 Å². The first kappa shape index (κ1) is 18.7. The number of esters is 1. The van der Waals surface area contributed by atoms with Crippen molar-refractivity contribution < 1.29 is 22.7 Å². The van der Waals surface area contributed by atoms with Gasteiger partial charge in [0.05, 0.1) is 18.2 Å². The molecule has 1 aromatic carbocycles. The number of hydrogen-bond acceptors (Lipinski definition) is 3. The van der Waals surface area contributed by atoms with Gasteiger partial charge in [-0.1, -0.05) is 26.0 Å². The average molecular weight is 325 g/mol. The maximum Gasteiger partial charge on any atom is 0.417 e. The van der Waals surface area contributed by atoms with Crippen LogP contribution in [-0.2, 0) is 10.9 Å². The van der Waals surface area contributed by atoms with E-state index in [1.165, 1.54) is 25.4 Å². The van der Waals surface area contributed by atoms with E-state index in [1.54, 1.807) is 12.1 Å². The van der Waals surface area contributed by atoms with E-state index in [-0.39, 0.29) is 5.56 Å². The predicted octanol–water partition coefficient (Wildman–Crippen LogP) is 4.89. The van der Waals surface area contributed by atoms with Gasteiger partial charge in [0.2, 0.25) is 0 Å². The van der Waals surface area contributed by atoms with Crippen molar-refractivity contribution in [1.29, 1.82) is 0 Å². The number of carbonyl (C=O) groups is 1. The van der Waals surface area contributed by atoms with Gasteiger partial charge in [-0.25, -0.2) is 4.79 Å². The zero-order valence-corrected chi connectivity index (χ0v) is 13.4.